The Kier molecular flexibility index (Phi) is 11.5. The third-order valence-electron chi connectivity index (χ3n) is 9.67. The van der Waals surface area contributed by atoms with Crippen molar-refractivity contribution in [3.63, 3.8) is 0 Å². The highest BCUT2D eigenvalue weighted by Crippen LogP contribution is 2.45. The Labute approximate surface area is 312 Å². The van der Waals surface area contributed by atoms with Crippen LogP contribution in [0.1, 0.15) is 71.4 Å². The second kappa shape index (κ2) is 15.4. The summed E-state index contributed by atoms with van der Waals surface area (Å²) in [4.78, 5) is 82.9. The van der Waals surface area contributed by atoms with E-state index in [4.69, 9.17) is 14.2 Å². The third kappa shape index (κ3) is 9.02. The quantitative estimate of drug-likeness (QED) is 0.122. The molecule has 4 aliphatic rings. The number of ether oxygens (including phenoxy) is 3. The number of hydrogen-bond donors (Lipinski definition) is 3. The zero-order valence-corrected chi connectivity index (χ0v) is 31.6. The Hall–Kier alpha value is -5.00. The predicted molar refractivity (Wildman–Crippen MR) is 189 cm³/mol. The fourth-order valence-electron chi connectivity index (χ4n) is 6.34. The molecule has 3 fully saturated rings. The zero-order chi connectivity index (χ0) is 39.7. The Morgan fingerprint density at radius 2 is 1.83 bits per heavy atom. The van der Waals surface area contributed by atoms with Gasteiger partial charge in [0, 0.05) is 30.0 Å². The van der Waals surface area contributed by atoms with Gasteiger partial charge in [-0.15, -0.1) is 6.58 Å². The van der Waals surface area contributed by atoms with Crippen LogP contribution in [0.4, 0.5) is 14.0 Å². The highest BCUT2D eigenvalue weighted by atomic mass is 32.2. The van der Waals surface area contributed by atoms with Crippen LogP contribution < -0.4 is 15.4 Å². The summed E-state index contributed by atoms with van der Waals surface area (Å²) in [6, 6.07) is 1.48. The smallest absolute Gasteiger partial charge is 0.410 e. The lowest BCUT2D eigenvalue weighted by atomic mass is 10.1. The summed E-state index contributed by atoms with van der Waals surface area (Å²) in [5, 5.41) is 4.31. The van der Waals surface area contributed by atoms with E-state index in [0.717, 1.165) is 4.90 Å². The Morgan fingerprint density at radius 1 is 1.13 bits per heavy atom. The number of hydrogen-bond acceptors (Lipinski definition) is 11. The van der Waals surface area contributed by atoms with Gasteiger partial charge in [0.15, 0.2) is 0 Å². The molecule has 3 N–H and O–H groups in total. The molecule has 0 aromatic heterocycles. The monoisotopic (exact) mass is 775 g/mol. The number of likely N-dealkylation sites (tertiary alicyclic amines) is 1. The second-order valence-corrected chi connectivity index (χ2v) is 16.9. The summed E-state index contributed by atoms with van der Waals surface area (Å²) in [5.41, 5.74) is -1.51. The molecule has 0 spiro atoms. The van der Waals surface area contributed by atoms with Crippen LogP contribution >= 0.6 is 0 Å². The molecule has 1 aromatic rings. The van der Waals surface area contributed by atoms with Gasteiger partial charge in [0.2, 0.25) is 21.8 Å². The van der Waals surface area contributed by atoms with Crippen LogP contribution in [0.2, 0.25) is 0 Å². The normalized spacial score (nSPS) is 24.1. The van der Waals surface area contributed by atoms with Crippen molar-refractivity contribution in [2.45, 2.75) is 108 Å². The molecule has 16 nitrogen and oxygen atoms in total. The fraction of sp³-hybridized carbons (Fsp3) is 0.556. The molecule has 1 saturated heterocycles. The van der Waals surface area contributed by atoms with Gasteiger partial charge in [-0.05, 0) is 65.5 Å². The molecule has 5 atom stereocenters. The lowest BCUT2D eigenvalue weighted by molar-refractivity contribution is -0.146. The minimum Gasteiger partial charge on any atom is -0.460 e. The molecule has 294 valence electrons. The first kappa shape index (κ1) is 40.2. The number of carbonyl (C=O) groups excluding carboxylic acids is 6. The Bertz CT molecular complexity index is 1880. The lowest BCUT2D eigenvalue weighted by Gasteiger charge is -2.30. The lowest BCUT2D eigenvalue weighted by Crippen LogP contribution is -2.59. The molecule has 18 heteroatoms. The van der Waals surface area contributed by atoms with Crippen LogP contribution in [-0.4, -0.2) is 102 Å². The number of carbonyl (C=O) groups is 6. The fourth-order valence-corrected chi connectivity index (χ4v) is 7.70. The molecular formula is C36H46FN5O11S. The second-order valence-electron chi connectivity index (χ2n) is 14.9. The van der Waals surface area contributed by atoms with Gasteiger partial charge in [-0.2, -0.15) is 0 Å². The average molecular weight is 776 g/mol. The van der Waals surface area contributed by atoms with Crippen LogP contribution in [0.15, 0.2) is 42.5 Å². The average Bonchev–Trinajstić information content (AvgIpc) is 3.99. The summed E-state index contributed by atoms with van der Waals surface area (Å²) in [7, 11) is -3.98. The molecule has 5 amide bonds. The van der Waals surface area contributed by atoms with Crippen LogP contribution in [-0.2, 0) is 56.5 Å². The van der Waals surface area contributed by atoms with E-state index in [0.29, 0.717) is 24.0 Å². The van der Waals surface area contributed by atoms with Gasteiger partial charge in [0.05, 0.1) is 18.3 Å². The highest BCUT2D eigenvalue weighted by molar-refractivity contribution is 7.91. The van der Waals surface area contributed by atoms with E-state index in [1.165, 1.54) is 36.1 Å². The van der Waals surface area contributed by atoms with Crippen molar-refractivity contribution < 1.29 is 55.8 Å². The van der Waals surface area contributed by atoms with Crippen molar-refractivity contribution in [2.24, 2.45) is 5.92 Å². The molecule has 54 heavy (non-hydrogen) atoms. The van der Waals surface area contributed by atoms with Gasteiger partial charge < -0.3 is 29.7 Å². The molecule has 2 aliphatic heterocycles. The van der Waals surface area contributed by atoms with Crippen molar-refractivity contribution in [3.05, 3.63) is 59.4 Å². The van der Waals surface area contributed by atoms with Crippen LogP contribution in [0, 0.1) is 11.7 Å². The van der Waals surface area contributed by atoms with E-state index >= 15 is 0 Å². The number of fused-ring (bicyclic) bond motifs is 1. The number of esters is 1. The van der Waals surface area contributed by atoms with Gasteiger partial charge in [-0.3, -0.25) is 24.0 Å². The van der Waals surface area contributed by atoms with Crippen LogP contribution in [0.5, 0.6) is 0 Å². The number of benzene rings is 1. The number of allylic oxidation sites excluding steroid dienone is 1. The number of rotatable bonds is 12. The topological polar surface area (TPSA) is 207 Å². The molecule has 0 bridgehead atoms. The first-order valence-corrected chi connectivity index (χ1v) is 19.2. The summed E-state index contributed by atoms with van der Waals surface area (Å²) >= 11 is 0. The third-order valence-corrected chi connectivity index (χ3v) is 11.5. The molecule has 2 heterocycles. The summed E-state index contributed by atoms with van der Waals surface area (Å²) in [5.74, 6) is -4.63. The predicted octanol–water partition coefficient (Wildman–Crippen LogP) is 2.32. The largest absolute Gasteiger partial charge is 0.460 e. The number of alkyl carbamates (subject to hydrolysis) is 1. The van der Waals surface area contributed by atoms with Crippen LogP contribution in [0.25, 0.3) is 0 Å². The number of halogens is 1. The van der Waals surface area contributed by atoms with Gasteiger partial charge in [-0.25, -0.2) is 27.2 Å². The van der Waals surface area contributed by atoms with Crippen LogP contribution in [0.3, 0.4) is 0 Å². The SMILES string of the molecule is C=C[C@@H]1C[C@]1(NC(=O)[C@@H]1C[C@@H](OC(=O)N2Cc3cccc(F)c3C2)CN1C(=O)[C@@H](COC(=O)/C(C)=C/C)NC(=O)OC(C)(C)C)C(=O)NS(=O)(=O)C1CC1. The van der Waals surface area contributed by atoms with E-state index < -0.39 is 98.8 Å². The number of nitrogens with one attached hydrogen (secondary N) is 3. The Morgan fingerprint density at radius 3 is 2.43 bits per heavy atom. The maximum absolute atomic E-state index is 14.4. The molecular weight excluding hydrogens is 729 g/mol. The van der Waals surface area contributed by atoms with E-state index in [2.05, 4.69) is 21.9 Å². The van der Waals surface area contributed by atoms with E-state index in [1.807, 2.05) is 0 Å². The van der Waals surface area contributed by atoms with Crippen molar-refractivity contribution in [3.8, 4) is 0 Å². The minimum atomic E-state index is -3.98. The number of amides is 5. The molecule has 5 rings (SSSR count). The van der Waals surface area contributed by atoms with Crippen molar-refractivity contribution >= 4 is 45.9 Å². The zero-order valence-electron chi connectivity index (χ0n) is 30.8. The van der Waals surface area contributed by atoms with Crippen molar-refractivity contribution in [1.29, 1.82) is 0 Å². The van der Waals surface area contributed by atoms with E-state index in [9.17, 15) is 41.6 Å². The van der Waals surface area contributed by atoms with Gasteiger partial charge in [0.25, 0.3) is 5.91 Å². The van der Waals surface area contributed by atoms with Gasteiger partial charge >= 0.3 is 18.2 Å². The molecule has 0 unspecified atom stereocenters. The number of nitrogens with zero attached hydrogens (tertiary/aromatic N) is 2. The maximum Gasteiger partial charge on any atom is 0.410 e. The van der Waals surface area contributed by atoms with Gasteiger partial charge in [-0.1, -0.05) is 24.3 Å². The maximum atomic E-state index is 14.4. The summed E-state index contributed by atoms with van der Waals surface area (Å²) < 4.78 is 58.2. The highest BCUT2D eigenvalue weighted by Gasteiger charge is 2.62. The van der Waals surface area contributed by atoms with Crippen molar-refractivity contribution in [1.82, 2.24) is 25.2 Å². The molecule has 2 aliphatic carbocycles. The minimum absolute atomic E-state index is 0.0303. The molecule has 2 saturated carbocycles. The van der Waals surface area contributed by atoms with E-state index in [1.54, 1.807) is 33.8 Å². The summed E-state index contributed by atoms with van der Waals surface area (Å²) in [6.07, 6.45) is 0.485. The molecule has 1 aromatic carbocycles. The Balaban J connectivity index is 1.39. The number of sulfonamides is 1. The van der Waals surface area contributed by atoms with E-state index in [-0.39, 0.29) is 38.0 Å². The summed E-state index contributed by atoms with van der Waals surface area (Å²) in [6.45, 7) is 10.6. The van der Waals surface area contributed by atoms with Gasteiger partial charge in [0.1, 0.15) is 41.8 Å². The first-order valence-electron chi connectivity index (χ1n) is 17.6. The van der Waals surface area contributed by atoms with Crippen molar-refractivity contribution in [2.75, 3.05) is 13.2 Å². The molecule has 0 radical (unpaired) electrons. The first-order chi connectivity index (χ1) is 25.3. The standard InChI is InChI=1S/C36H46FN5O11S/c1-7-20(3)31(45)51-19-27(38-33(47)53-35(4,5)6)30(44)42-17-23(52-34(48)41-16-21-10-9-11-26(37)25(21)18-41)14-28(42)29(43)39-36(15-22(36)8-2)32(46)40-54(49,50)24-12-13-24/h7-11,22-24,27-28H,2,12-19H2,1,3-6H3,(H,38,47)(H,39,43)(H,40,46)/b20-7+/t22-,23-,27-,28+,36-/m1/s1.